The number of benzene rings is 2. The highest BCUT2D eigenvalue weighted by Gasteiger charge is 2.21. The number of aromatic nitrogens is 2. The summed E-state index contributed by atoms with van der Waals surface area (Å²) >= 11 is 5.93. The maximum absolute atomic E-state index is 14.2. The van der Waals surface area contributed by atoms with Gasteiger partial charge in [-0.3, -0.25) is 0 Å². The van der Waals surface area contributed by atoms with Crippen molar-refractivity contribution in [3.8, 4) is 0 Å². The van der Waals surface area contributed by atoms with Gasteiger partial charge in [0.15, 0.2) is 0 Å². The lowest BCUT2D eigenvalue weighted by Crippen LogP contribution is -2.13. The lowest BCUT2D eigenvalue weighted by molar-refractivity contribution is 0.529. The molecule has 2 heterocycles. The van der Waals surface area contributed by atoms with Crippen LogP contribution in [-0.4, -0.2) is 9.97 Å². The Kier molecular flexibility index (Phi) is 5.83. The van der Waals surface area contributed by atoms with Crippen LogP contribution in [0.3, 0.4) is 0 Å². The summed E-state index contributed by atoms with van der Waals surface area (Å²) < 4.78 is 14.2. The predicted molar refractivity (Wildman–Crippen MR) is 127 cm³/mol. The van der Waals surface area contributed by atoms with E-state index in [2.05, 4.69) is 48.9 Å². The minimum atomic E-state index is -0.216. The van der Waals surface area contributed by atoms with Gasteiger partial charge in [0.2, 0.25) is 0 Å². The molecule has 0 saturated heterocycles. The summed E-state index contributed by atoms with van der Waals surface area (Å²) in [7, 11) is 0. The quantitative estimate of drug-likeness (QED) is 0.309. The number of fused-ring (bicyclic) bond motifs is 2. The summed E-state index contributed by atoms with van der Waals surface area (Å²) in [5.41, 5.74) is 8.52. The van der Waals surface area contributed by atoms with Crippen LogP contribution in [0.2, 0.25) is 5.02 Å². The van der Waals surface area contributed by atoms with E-state index in [0.717, 1.165) is 16.3 Å². The maximum Gasteiger partial charge on any atom is 0.137 e. The normalized spacial score (nSPS) is 12.1. The minimum Gasteiger partial charge on any atom is -0.383 e. The Morgan fingerprint density at radius 2 is 1.67 bits per heavy atom. The Morgan fingerprint density at radius 1 is 0.967 bits per heavy atom. The minimum absolute atomic E-state index is 0.173. The number of halogens is 2. The van der Waals surface area contributed by atoms with Gasteiger partial charge in [-0.05, 0) is 39.5 Å². The lowest BCUT2D eigenvalue weighted by Gasteiger charge is -2.20. The highest BCUT2D eigenvalue weighted by molar-refractivity contribution is 6.35. The fourth-order valence-electron chi connectivity index (χ4n) is 3.39. The summed E-state index contributed by atoms with van der Waals surface area (Å²) in [6, 6.07) is 12.0. The van der Waals surface area contributed by atoms with E-state index < -0.39 is 0 Å². The molecule has 4 rings (SSSR count). The third-order valence-electron chi connectivity index (χ3n) is 5.20. The molecule has 2 aromatic heterocycles. The van der Waals surface area contributed by atoms with Crippen molar-refractivity contribution in [2.45, 2.75) is 52.4 Å². The molecule has 0 radical (unpaired) electrons. The molecular weight excluding hydrogens is 397 g/mol. The van der Waals surface area contributed by atoms with Crippen LogP contribution in [0.4, 0.5) is 10.2 Å². The van der Waals surface area contributed by atoms with Crippen LogP contribution in [-0.2, 0) is 10.8 Å². The average molecular weight is 426 g/mol. The standard InChI is InChI=1S/C13H16N2.C12H13ClFN/c1-13(2,3)10-4-5-11-9(8-10)6-7-15-12(11)14;1-12(2,3)7-4-5-9-10(11(7)14)8(13)6-15-9/h4-8H,1-3H3,(H2,14,15);4-6,15H,1-3H3. The molecule has 158 valence electrons. The zero-order valence-corrected chi connectivity index (χ0v) is 19.2. The number of pyridine rings is 1. The van der Waals surface area contributed by atoms with Gasteiger partial charge < -0.3 is 10.7 Å². The summed E-state index contributed by atoms with van der Waals surface area (Å²) in [5, 5.41) is 3.12. The van der Waals surface area contributed by atoms with E-state index in [1.54, 1.807) is 12.4 Å². The van der Waals surface area contributed by atoms with Gasteiger partial charge in [0.05, 0.1) is 10.4 Å². The monoisotopic (exact) mass is 425 g/mol. The number of nitrogens with two attached hydrogens (primary N) is 1. The molecule has 0 fully saturated rings. The van der Waals surface area contributed by atoms with Crippen LogP contribution in [0, 0.1) is 5.82 Å². The van der Waals surface area contributed by atoms with Gasteiger partial charge in [0.1, 0.15) is 11.6 Å². The molecule has 0 spiro atoms. The van der Waals surface area contributed by atoms with E-state index in [1.807, 2.05) is 39.0 Å². The van der Waals surface area contributed by atoms with Crippen LogP contribution in [0.5, 0.6) is 0 Å². The van der Waals surface area contributed by atoms with Crippen molar-refractivity contribution in [2.75, 3.05) is 5.73 Å². The van der Waals surface area contributed by atoms with Gasteiger partial charge >= 0.3 is 0 Å². The number of nitrogens with one attached hydrogen (secondary N) is 1. The van der Waals surface area contributed by atoms with Crippen molar-refractivity contribution in [3.05, 3.63) is 70.8 Å². The van der Waals surface area contributed by atoms with Crippen molar-refractivity contribution in [3.63, 3.8) is 0 Å². The van der Waals surface area contributed by atoms with Gasteiger partial charge in [0, 0.05) is 23.3 Å². The molecule has 0 amide bonds. The molecule has 30 heavy (non-hydrogen) atoms. The molecule has 0 unspecified atom stereocenters. The van der Waals surface area contributed by atoms with Crippen LogP contribution >= 0.6 is 11.6 Å². The fourth-order valence-corrected chi connectivity index (χ4v) is 3.63. The van der Waals surface area contributed by atoms with Crippen molar-refractivity contribution < 1.29 is 4.39 Å². The first kappa shape index (κ1) is 22.1. The molecule has 0 bridgehead atoms. The largest absolute Gasteiger partial charge is 0.383 e. The molecule has 0 aliphatic carbocycles. The number of nitrogens with zero attached hydrogens (tertiary/aromatic N) is 1. The number of hydrogen-bond donors (Lipinski definition) is 2. The summed E-state index contributed by atoms with van der Waals surface area (Å²) in [6.45, 7) is 12.6. The van der Waals surface area contributed by atoms with Gasteiger partial charge in [-0.2, -0.15) is 0 Å². The van der Waals surface area contributed by atoms with Gasteiger partial charge in [-0.25, -0.2) is 9.37 Å². The first-order valence-corrected chi connectivity index (χ1v) is 10.4. The topological polar surface area (TPSA) is 54.7 Å². The third kappa shape index (κ3) is 4.44. The van der Waals surface area contributed by atoms with Crippen LogP contribution in [0.15, 0.2) is 48.8 Å². The number of H-pyrrole nitrogens is 1. The van der Waals surface area contributed by atoms with Gasteiger partial charge in [-0.1, -0.05) is 77.4 Å². The summed E-state index contributed by atoms with van der Waals surface area (Å²) in [4.78, 5) is 7.01. The number of anilines is 1. The second-order valence-corrected chi connectivity index (χ2v) is 10.0. The van der Waals surface area contributed by atoms with E-state index >= 15 is 0 Å². The van der Waals surface area contributed by atoms with Crippen LogP contribution in [0.25, 0.3) is 21.7 Å². The molecule has 0 aliphatic rings. The first-order valence-electron chi connectivity index (χ1n) is 10.00. The predicted octanol–water partition coefficient (Wildman–Crippen LogP) is 7.37. The molecule has 5 heteroatoms. The van der Waals surface area contributed by atoms with Gasteiger partial charge in [0.25, 0.3) is 0 Å². The lowest BCUT2D eigenvalue weighted by atomic mass is 9.86. The number of aromatic amines is 1. The zero-order valence-electron chi connectivity index (χ0n) is 18.4. The maximum atomic E-state index is 14.2. The molecule has 0 atom stereocenters. The van der Waals surface area contributed by atoms with Crippen molar-refractivity contribution in [1.29, 1.82) is 0 Å². The van der Waals surface area contributed by atoms with E-state index in [-0.39, 0.29) is 16.6 Å². The number of hydrogen-bond acceptors (Lipinski definition) is 2. The van der Waals surface area contributed by atoms with Gasteiger partial charge in [-0.15, -0.1) is 0 Å². The molecule has 4 aromatic rings. The Hall–Kier alpha value is -2.59. The first-order chi connectivity index (χ1) is 13.9. The molecule has 0 aliphatic heterocycles. The summed E-state index contributed by atoms with van der Waals surface area (Å²) in [5.74, 6) is 0.388. The Balaban J connectivity index is 0.000000171. The van der Waals surface area contributed by atoms with E-state index in [0.29, 0.717) is 21.8 Å². The Labute approximate surface area is 182 Å². The Bertz CT molecular complexity index is 1200. The molecule has 3 N–H and O–H groups in total. The van der Waals surface area contributed by atoms with E-state index in [4.69, 9.17) is 17.3 Å². The second-order valence-electron chi connectivity index (χ2n) is 9.62. The molecule has 2 aromatic carbocycles. The van der Waals surface area contributed by atoms with Crippen molar-refractivity contribution in [2.24, 2.45) is 0 Å². The fraction of sp³-hybridized carbons (Fsp3) is 0.320. The molecule has 3 nitrogen and oxygen atoms in total. The summed E-state index contributed by atoms with van der Waals surface area (Å²) in [6.07, 6.45) is 3.37. The van der Waals surface area contributed by atoms with Crippen LogP contribution < -0.4 is 5.73 Å². The average Bonchev–Trinajstić information content (AvgIpc) is 3.02. The number of rotatable bonds is 0. The van der Waals surface area contributed by atoms with Crippen molar-refractivity contribution >= 4 is 39.1 Å². The third-order valence-corrected chi connectivity index (χ3v) is 5.50. The zero-order chi connectivity index (χ0) is 22.3. The second kappa shape index (κ2) is 7.92. The smallest absolute Gasteiger partial charge is 0.137 e. The number of nitrogen functional groups attached to an aromatic ring is 1. The SMILES string of the molecule is CC(C)(C)c1ccc2[nH]cc(Cl)c2c1F.CC(C)(C)c1ccc2c(N)nccc2c1. The highest BCUT2D eigenvalue weighted by atomic mass is 35.5. The van der Waals surface area contributed by atoms with Crippen LogP contribution in [0.1, 0.15) is 52.7 Å². The Morgan fingerprint density at radius 3 is 2.30 bits per heavy atom. The molecular formula is C25H29ClFN3. The van der Waals surface area contributed by atoms with E-state index in [9.17, 15) is 4.39 Å². The highest BCUT2D eigenvalue weighted by Crippen LogP contribution is 2.33. The van der Waals surface area contributed by atoms with Crippen molar-refractivity contribution in [1.82, 2.24) is 9.97 Å². The van der Waals surface area contributed by atoms with E-state index in [1.165, 1.54) is 5.56 Å². The molecule has 0 saturated carbocycles.